The quantitative estimate of drug-likeness (QED) is 0.529. The van der Waals surface area contributed by atoms with Gasteiger partial charge < -0.3 is 5.32 Å². The zero-order chi connectivity index (χ0) is 21.0. The summed E-state index contributed by atoms with van der Waals surface area (Å²) >= 11 is 0. The smallest absolute Gasteiger partial charge is 0.315 e. The summed E-state index contributed by atoms with van der Waals surface area (Å²) in [7, 11) is 0. The molecule has 0 bridgehead atoms. The van der Waals surface area contributed by atoms with Gasteiger partial charge in [0.15, 0.2) is 0 Å². The maximum atomic E-state index is 12.9. The van der Waals surface area contributed by atoms with Crippen molar-refractivity contribution < 1.29 is 35.9 Å². The lowest BCUT2D eigenvalue weighted by atomic mass is 9.94. The summed E-state index contributed by atoms with van der Waals surface area (Å²) in [6.45, 7) is 4.47. The van der Waals surface area contributed by atoms with Crippen molar-refractivity contribution in [2.45, 2.75) is 51.0 Å². The first kappa shape index (κ1) is 22.6. The van der Waals surface area contributed by atoms with E-state index in [4.69, 9.17) is 0 Å². The van der Waals surface area contributed by atoms with E-state index in [0.29, 0.717) is 6.92 Å². The number of halogens is 6. The van der Waals surface area contributed by atoms with E-state index in [0.717, 1.165) is 10.9 Å². The Morgan fingerprint density at radius 2 is 1.41 bits per heavy atom. The van der Waals surface area contributed by atoms with Gasteiger partial charge in [-0.3, -0.25) is 10.2 Å². The van der Waals surface area contributed by atoms with Crippen LogP contribution in [0.2, 0.25) is 0 Å². The monoisotopic (exact) mass is 399 g/mol. The summed E-state index contributed by atoms with van der Waals surface area (Å²) in [6.07, 6.45) is -13.0. The second-order valence-corrected chi connectivity index (χ2v) is 6.06. The number of carbonyl (C=O) groups is 2. The summed E-state index contributed by atoms with van der Waals surface area (Å²) in [5.41, 5.74) is -0.193. The molecule has 0 aliphatic carbocycles. The van der Waals surface area contributed by atoms with Crippen molar-refractivity contribution in [1.29, 1.82) is 0 Å². The van der Waals surface area contributed by atoms with Gasteiger partial charge in [0.1, 0.15) is 0 Å². The minimum atomic E-state index is -5.78. The number of hydrogen-bond acceptors (Lipinski definition) is 2. The molecule has 0 saturated carbocycles. The van der Waals surface area contributed by atoms with E-state index < -0.39 is 36.3 Å². The van der Waals surface area contributed by atoms with Crippen LogP contribution in [-0.2, 0) is 0 Å². The molecule has 27 heavy (non-hydrogen) atoms. The van der Waals surface area contributed by atoms with Gasteiger partial charge in [0.2, 0.25) is 5.54 Å². The van der Waals surface area contributed by atoms with Crippen molar-refractivity contribution in [3.63, 3.8) is 0 Å². The molecule has 1 rings (SSSR count). The number of benzene rings is 1. The SMILES string of the molecule is CCC(NC(=O)NNC(=O)c1ccc(C(C)C)cc1)(C(F)(F)F)C(F)(F)F. The fourth-order valence-corrected chi connectivity index (χ4v) is 2.22. The highest BCUT2D eigenvalue weighted by atomic mass is 19.4. The molecule has 0 saturated heterocycles. The molecule has 0 atom stereocenters. The third-order valence-corrected chi connectivity index (χ3v) is 3.95. The highest BCUT2D eigenvalue weighted by molar-refractivity contribution is 5.95. The second-order valence-electron chi connectivity index (χ2n) is 6.06. The van der Waals surface area contributed by atoms with Crippen LogP contribution < -0.4 is 16.2 Å². The Kier molecular flexibility index (Phi) is 6.73. The molecular formula is C16H19F6N3O2. The van der Waals surface area contributed by atoms with Crippen molar-refractivity contribution in [2.75, 3.05) is 0 Å². The van der Waals surface area contributed by atoms with Crippen molar-refractivity contribution in [3.05, 3.63) is 35.4 Å². The standard InChI is InChI=1S/C16H19F6N3O2/c1-4-14(15(17,18)19,16(20,21)22)23-13(27)25-24-12(26)11-7-5-10(6-8-11)9(2)3/h5-9H,4H2,1-3H3,(H,24,26)(H2,23,25,27). The van der Waals surface area contributed by atoms with Crippen LogP contribution in [0.15, 0.2) is 24.3 Å². The molecule has 0 radical (unpaired) electrons. The van der Waals surface area contributed by atoms with E-state index >= 15 is 0 Å². The van der Waals surface area contributed by atoms with E-state index in [1.807, 2.05) is 13.8 Å². The molecule has 1 aromatic rings. The molecule has 0 spiro atoms. The lowest BCUT2D eigenvalue weighted by molar-refractivity contribution is -0.304. The number of urea groups is 1. The average molecular weight is 399 g/mol. The van der Waals surface area contributed by atoms with E-state index in [1.54, 1.807) is 17.6 Å². The molecule has 3 N–H and O–H groups in total. The van der Waals surface area contributed by atoms with E-state index in [1.165, 1.54) is 17.6 Å². The van der Waals surface area contributed by atoms with Gasteiger partial charge in [-0.1, -0.05) is 32.9 Å². The lowest BCUT2D eigenvalue weighted by Gasteiger charge is -2.36. The molecule has 0 unspecified atom stereocenters. The van der Waals surface area contributed by atoms with Gasteiger partial charge in [-0.25, -0.2) is 10.2 Å². The fraction of sp³-hybridized carbons (Fsp3) is 0.500. The Bertz CT molecular complexity index is 654. The molecule has 0 fully saturated rings. The molecular weight excluding hydrogens is 380 g/mol. The summed E-state index contributed by atoms with van der Waals surface area (Å²) in [5.74, 6) is -0.709. The van der Waals surface area contributed by atoms with Gasteiger partial charge in [-0.05, 0) is 30.0 Å². The van der Waals surface area contributed by atoms with Crippen LogP contribution in [0.5, 0.6) is 0 Å². The summed E-state index contributed by atoms with van der Waals surface area (Å²) < 4.78 is 77.7. The molecule has 3 amide bonds. The minimum absolute atomic E-state index is 0.0631. The van der Waals surface area contributed by atoms with E-state index in [-0.39, 0.29) is 11.5 Å². The van der Waals surface area contributed by atoms with Crippen molar-refractivity contribution in [2.24, 2.45) is 0 Å². The molecule has 0 aliphatic rings. The van der Waals surface area contributed by atoms with Crippen molar-refractivity contribution >= 4 is 11.9 Å². The average Bonchev–Trinajstić information content (AvgIpc) is 2.55. The van der Waals surface area contributed by atoms with Crippen LogP contribution in [0, 0.1) is 0 Å². The van der Waals surface area contributed by atoms with Crippen LogP contribution in [0.25, 0.3) is 0 Å². The highest BCUT2D eigenvalue weighted by Gasteiger charge is 2.70. The van der Waals surface area contributed by atoms with Gasteiger partial charge >= 0.3 is 18.4 Å². The predicted octanol–water partition coefficient (Wildman–Crippen LogP) is 4.03. The lowest BCUT2D eigenvalue weighted by Crippen LogP contribution is -2.69. The fourth-order valence-electron chi connectivity index (χ4n) is 2.22. The number of nitrogens with one attached hydrogen (secondary N) is 3. The normalized spacial score (nSPS) is 12.7. The molecule has 5 nitrogen and oxygen atoms in total. The Balaban J connectivity index is 2.82. The highest BCUT2D eigenvalue weighted by Crippen LogP contribution is 2.45. The maximum absolute atomic E-state index is 12.9. The zero-order valence-electron chi connectivity index (χ0n) is 14.7. The van der Waals surface area contributed by atoms with Crippen molar-refractivity contribution in [1.82, 2.24) is 16.2 Å². The number of rotatable bonds is 4. The van der Waals surface area contributed by atoms with Gasteiger partial charge in [0.05, 0.1) is 0 Å². The van der Waals surface area contributed by atoms with E-state index in [9.17, 15) is 35.9 Å². The Morgan fingerprint density at radius 3 is 1.78 bits per heavy atom. The topological polar surface area (TPSA) is 70.2 Å². The predicted molar refractivity (Wildman–Crippen MR) is 84.8 cm³/mol. The minimum Gasteiger partial charge on any atom is -0.315 e. The molecule has 0 aromatic heterocycles. The van der Waals surface area contributed by atoms with Gasteiger partial charge in [0, 0.05) is 5.56 Å². The molecule has 11 heteroatoms. The van der Waals surface area contributed by atoms with Crippen LogP contribution in [0.1, 0.15) is 49.0 Å². The van der Waals surface area contributed by atoms with E-state index in [2.05, 4.69) is 0 Å². The zero-order valence-corrected chi connectivity index (χ0v) is 14.7. The number of hydrogen-bond donors (Lipinski definition) is 3. The van der Waals surface area contributed by atoms with Gasteiger partial charge in [0.25, 0.3) is 5.91 Å². The molecule has 1 aromatic carbocycles. The van der Waals surface area contributed by atoms with Gasteiger partial charge in [-0.2, -0.15) is 26.3 Å². The first-order valence-corrected chi connectivity index (χ1v) is 7.87. The Morgan fingerprint density at radius 1 is 0.926 bits per heavy atom. The van der Waals surface area contributed by atoms with Crippen LogP contribution in [-0.4, -0.2) is 29.8 Å². The maximum Gasteiger partial charge on any atom is 0.420 e. The summed E-state index contributed by atoms with van der Waals surface area (Å²) in [5, 5.41) is 0.876. The van der Waals surface area contributed by atoms with Crippen molar-refractivity contribution in [3.8, 4) is 0 Å². The molecule has 152 valence electrons. The Hall–Kier alpha value is -2.46. The molecule has 0 heterocycles. The summed E-state index contributed by atoms with van der Waals surface area (Å²) in [4.78, 5) is 23.4. The van der Waals surface area contributed by atoms with Crippen LogP contribution in [0.4, 0.5) is 31.1 Å². The van der Waals surface area contributed by atoms with Gasteiger partial charge in [-0.15, -0.1) is 0 Å². The largest absolute Gasteiger partial charge is 0.420 e. The first-order valence-electron chi connectivity index (χ1n) is 7.87. The second kappa shape index (κ2) is 8.05. The van der Waals surface area contributed by atoms with Crippen LogP contribution in [0.3, 0.4) is 0 Å². The number of amides is 3. The molecule has 0 aliphatic heterocycles. The first-order chi connectivity index (χ1) is 12.2. The third kappa shape index (κ3) is 5.04. The number of alkyl halides is 6. The third-order valence-electron chi connectivity index (χ3n) is 3.95. The number of carbonyl (C=O) groups excluding carboxylic acids is 2. The Labute approximate surface area is 151 Å². The van der Waals surface area contributed by atoms with Crippen LogP contribution >= 0.6 is 0 Å². The number of hydrazine groups is 1. The summed E-state index contributed by atoms with van der Waals surface area (Å²) in [6, 6.07) is 4.24.